The summed E-state index contributed by atoms with van der Waals surface area (Å²) < 4.78 is 34.7. The summed E-state index contributed by atoms with van der Waals surface area (Å²) >= 11 is 0. The summed E-state index contributed by atoms with van der Waals surface area (Å²) in [7, 11) is 2.93. The Kier molecular flexibility index (Phi) is 5.60. The molecule has 0 fully saturated rings. The van der Waals surface area contributed by atoms with Gasteiger partial charge >= 0.3 is 5.97 Å². The average Bonchev–Trinajstić information content (AvgIpc) is 2.86. The SMILES string of the molecule is COc1cc(O)cc([C@@H]2Oc3c(OC)cc4c(=O)c5ccccc5oc4c3O[C@H]2COC(C)=O)c1. The molecule has 0 spiro atoms. The number of rotatable bonds is 5. The average molecular weight is 478 g/mol. The summed E-state index contributed by atoms with van der Waals surface area (Å²) in [5.41, 5.74) is 0.844. The molecule has 1 N–H and O–H groups in total. The molecule has 9 heteroatoms. The third-order valence-electron chi connectivity index (χ3n) is 5.74. The second kappa shape index (κ2) is 8.75. The lowest BCUT2D eigenvalue weighted by atomic mass is 10.0. The number of hydrogen-bond donors (Lipinski definition) is 1. The van der Waals surface area contributed by atoms with Crippen molar-refractivity contribution in [3.05, 3.63) is 64.3 Å². The molecule has 0 amide bonds. The molecule has 3 aromatic carbocycles. The lowest BCUT2D eigenvalue weighted by Crippen LogP contribution is -2.37. The minimum absolute atomic E-state index is 0.0390. The Morgan fingerprint density at radius 2 is 1.80 bits per heavy atom. The van der Waals surface area contributed by atoms with Crippen molar-refractivity contribution in [2.75, 3.05) is 20.8 Å². The number of esters is 1. The number of benzene rings is 3. The summed E-state index contributed by atoms with van der Waals surface area (Å²) in [4.78, 5) is 24.8. The minimum Gasteiger partial charge on any atom is -0.508 e. The number of carbonyl (C=O) groups excluding carboxylic acids is 1. The van der Waals surface area contributed by atoms with Crippen molar-refractivity contribution in [1.82, 2.24) is 0 Å². The molecule has 4 aromatic rings. The van der Waals surface area contributed by atoms with Gasteiger partial charge in [-0.1, -0.05) is 12.1 Å². The van der Waals surface area contributed by atoms with Crippen molar-refractivity contribution in [3.8, 4) is 28.7 Å². The van der Waals surface area contributed by atoms with Gasteiger partial charge in [-0.3, -0.25) is 9.59 Å². The van der Waals surface area contributed by atoms with E-state index in [1.54, 1.807) is 36.4 Å². The zero-order valence-electron chi connectivity index (χ0n) is 19.2. The summed E-state index contributed by atoms with van der Waals surface area (Å²) in [6, 6.07) is 13.1. The topological polar surface area (TPSA) is 114 Å². The lowest BCUT2D eigenvalue weighted by Gasteiger charge is -2.34. The molecule has 1 aliphatic rings. The first-order valence-corrected chi connectivity index (χ1v) is 10.8. The summed E-state index contributed by atoms with van der Waals surface area (Å²) in [6.07, 6.45) is -1.66. The van der Waals surface area contributed by atoms with Crippen LogP contribution in [0.2, 0.25) is 0 Å². The Labute approximate surface area is 199 Å². The van der Waals surface area contributed by atoms with E-state index in [2.05, 4.69) is 0 Å². The van der Waals surface area contributed by atoms with Crippen LogP contribution in [0.3, 0.4) is 0 Å². The summed E-state index contributed by atoms with van der Waals surface area (Å²) in [5, 5.41) is 10.9. The monoisotopic (exact) mass is 478 g/mol. The van der Waals surface area contributed by atoms with Gasteiger partial charge in [-0.05, 0) is 30.3 Å². The number of hydrogen-bond acceptors (Lipinski definition) is 9. The molecule has 0 unspecified atom stereocenters. The van der Waals surface area contributed by atoms with Gasteiger partial charge in [0.2, 0.25) is 16.9 Å². The molecule has 9 nitrogen and oxygen atoms in total. The minimum atomic E-state index is -0.843. The first-order valence-electron chi connectivity index (χ1n) is 10.8. The number of para-hydroxylation sites is 1. The first kappa shape index (κ1) is 22.4. The Morgan fingerprint density at radius 3 is 2.54 bits per heavy atom. The highest BCUT2D eigenvalue weighted by Gasteiger charge is 2.38. The van der Waals surface area contributed by atoms with E-state index in [9.17, 15) is 14.7 Å². The van der Waals surface area contributed by atoms with Crippen LogP contribution in [-0.2, 0) is 9.53 Å². The summed E-state index contributed by atoms with van der Waals surface area (Å²) in [5.74, 6) is 0.497. The highest BCUT2D eigenvalue weighted by molar-refractivity contribution is 5.95. The van der Waals surface area contributed by atoms with Crippen LogP contribution in [0.15, 0.2) is 57.7 Å². The van der Waals surface area contributed by atoms with E-state index in [0.29, 0.717) is 22.3 Å². The van der Waals surface area contributed by atoms with Crippen LogP contribution in [0.4, 0.5) is 0 Å². The van der Waals surface area contributed by atoms with Crippen molar-refractivity contribution < 1.29 is 38.0 Å². The molecule has 0 bridgehead atoms. The first-order chi connectivity index (χ1) is 16.9. The van der Waals surface area contributed by atoms with Crippen molar-refractivity contribution in [1.29, 1.82) is 0 Å². The molecular weight excluding hydrogens is 456 g/mol. The van der Waals surface area contributed by atoms with Gasteiger partial charge in [-0.2, -0.15) is 0 Å². The predicted molar refractivity (Wildman–Crippen MR) is 126 cm³/mol. The Morgan fingerprint density at radius 1 is 1.00 bits per heavy atom. The standard InChI is InChI=1S/C26H22O9/c1-13(27)32-12-21-23(14-8-15(28)10-16(9-14)30-2)35-25-20(31-3)11-18-22(29)17-6-4-5-7-19(17)33-24(18)26(25)34-21/h4-11,21,23,28H,12H2,1-3H3/t21-,23-/m0/s1. The van der Waals surface area contributed by atoms with E-state index < -0.39 is 18.2 Å². The van der Waals surface area contributed by atoms with E-state index in [1.807, 2.05) is 0 Å². The van der Waals surface area contributed by atoms with Gasteiger partial charge < -0.3 is 33.2 Å². The third kappa shape index (κ3) is 3.95. The molecule has 2 heterocycles. The Bertz CT molecular complexity index is 1500. The normalized spacial score (nSPS) is 16.8. The second-order valence-electron chi connectivity index (χ2n) is 8.00. The smallest absolute Gasteiger partial charge is 0.302 e. The van der Waals surface area contributed by atoms with E-state index in [4.69, 9.17) is 28.1 Å². The number of ether oxygens (including phenoxy) is 5. The van der Waals surface area contributed by atoms with E-state index in [-0.39, 0.29) is 46.0 Å². The maximum absolute atomic E-state index is 13.2. The maximum Gasteiger partial charge on any atom is 0.302 e. The fraction of sp³-hybridized carbons (Fsp3) is 0.231. The largest absolute Gasteiger partial charge is 0.508 e. The number of carbonyl (C=O) groups is 1. The molecule has 180 valence electrons. The molecule has 0 saturated heterocycles. The van der Waals surface area contributed by atoms with Crippen LogP contribution in [0.25, 0.3) is 21.9 Å². The van der Waals surface area contributed by atoms with Crippen LogP contribution < -0.4 is 24.4 Å². The van der Waals surface area contributed by atoms with Crippen LogP contribution >= 0.6 is 0 Å². The van der Waals surface area contributed by atoms with Crippen LogP contribution in [0.1, 0.15) is 18.6 Å². The second-order valence-corrected chi connectivity index (χ2v) is 8.00. The van der Waals surface area contributed by atoms with Gasteiger partial charge in [0.25, 0.3) is 0 Å². The molecular formula is C26H22O9. The molecule has 0 saturated carbocycles. The number of phenols is 1. The molecule has 1 aromatic heterocycles. The van der Waals surface area contributed by atoms with Gasteiger partial charge in [-0.15, -0.1) is 0 Å². The van der Waals surface area contributed by atoms with E-state index >= 15 is 0 Å². The van der Waals surface area contributed by atoms with Gasteiger partial charge in [0.1, 0.15) is 23.7 Å². The Hall–Kier alpha value is -4.40. The van der Waals surface area contributed by atoms with Gasteiger partial charge in [-0.25, -0.2) is 0 Å². The van der Waals surface area contributed by atoms with Gasteiger partial charge in [0.05, 0.1) is 25.0 Å². The molecule has 35 heavy (non-hydrogen) atoms. The Balaban J connectivity index is 1.72. The highest BCUT2D eigenvalue weighted by Crippen LogP contribution is 2.50. The summed E-state index contributed by atoms with van der Waals surface area (Å²) in [6.45, 7) is 1.13. The van der Waals surface area contributed by atoms with E-state index in [1.165, 1.54) is 33.3 Å². The van der Waals surface area contributed by atoms with Crippen molar-refractivity contribution in [2.24, 2.45) is 0 Å². The number of fused-ring (bicyclic) bond motifs is 4. The number of methoxy groups -OCH3 is 2. The fourth-order valence-corrected chi connectivity index (χ4v) is 4.15. The number of aromatic hydroxyl groups is 1. The van der Waals surface area contributed by atoms with Crippen LogP contribution in [0.5, 0.6) is 28.7 Å². The highest BCUT2D eigenvalue weighted by atomic mass is 16.6. The van der Waals surface area contributed by atoms with Crippen molar-refractivity contribution >= 4 is 27.9 Å². The predicted octanol–water partition coefficient (Wildman–Crippen LogP) is 4.11. The quantitative estimate of drug-likeness (QED) is 0.334. The van der Waals surface area contributed by atoms with Crippen molar-refractivity contribution in [2.45, 2.75) is 19.1 Å². The fourth-order valence-electron chi connectivity index (χ4n) is 4.15. The van der Waals surface area contributed by atoms with E-state index in [0.717, 1.165) is 0 Å². The van der Waals surface area contributed by atoms with Gasteiger partial charge in [0.15, 0.2) is 23.5 Å². The lowest BCUT2D eigenvalue weighted by molar-refractivity contribution is -0.145. The van der Waals surface area contributed by atoms with Crippen LogP contribution in [0, 0.1) is 0 Å². The van der Waals surface area contributed by atoms with Crippen LogP contribution in [-0.4, -0.2) is 38.0 Å². The molecule has 5 rings (SSSR count). The zero-order valence-corrected chi connectivity index (χ0v) is 19.2. The zero-order chi connectivity index (χ0) is 24.7. The maximum atomic E-state index is 13.2. The molecule has 1 aliphatic heterocycles. The van der Waals surface area contributed by atoms with Gasteiger partial charge in [0, 0.05) is 18.6 Å². The molecule has 2 atom stereocenters. The third-order valence-corrected chi connectivity index (χ3v) is 5.74. The molecule has 0 radical (unpaired) electrons. The van der Waals surface area contributed by atoms with Crippen molar-refractivity contribution in [3.63, 3.8) is 0 Å². The molecule has 0 aliphatic carbocycles. The number of phenolic OH excluding ortho intramolecular Hbond substituents is 1.